The van der Waals surface area contributed by atoms with E-state index in [9.17, 15) is 9.59 Å². The molecule has 0 aromatic carbocycles. The summed E-state index contributed by atoms with van der Waals surface area (Å²) in [4.78, 5) is 20.7. The Morgan fingerprint density at radius 2 is 1.00 bits per heavy atom. The molecule has 0 amide bonds. The largest absolute Gasteiger partial charge is 0.300 e. The smallest absolute Gasteiger partial charge is 0.129 e. The van der Waals surface area contributed by atoms with Crippen molar-refractivity contribution in [2.24, 2.45) is 11.8 Å². The highest BCUT2D eigenvalue weighted by Gasteiger charge is 1.96. The summed E-state index contributed by atoms with van der Waals surface area (Å²) < 4.78 is 0. The van der Waals surface area contributed by atoms with Gasteiger partial charge in [0.05, 0.1) is 0 Å². The summed E-state index contributed by atoms with van der Waals surface area (Å²) in [5.74, 6) is 1.94. The summed E-state index contributed by atoms with van der Waals surface area (Å²) in [5.41, 5.74) is 0. The van der Waals surface area contributed by atoms with E-state index < -0.39 is 0 Å². The van der Waals surface area contributed by atoms with Crippen LogP contribution < -0.4 is 0 Å². The minimum atomic E-state index is 0.304. The van der Waals surface area contributed by atoms with Crippen molar-refractivity contribution >= 4 is 11.6 Å². The van der Waals surface area contributed by atoms with Crippen molar-refractivity contribution in [2.75, 3.05) is 0 Å². The van der Waals surface area contributed by atoms with Crippen LogP contribution in [0, 0.1) is 11.8 Å². The van der Waals surface area contributed by atoms with E-state index >= 15 is 0 Å². The Morgan fingerprint density at radius 3 is 1.06 bits per heavy atom. The molecule has 0 aliphatic rings. The first-order chi connectivity index (χ1) is 7.25. The molecule has 0 aromatic heterocycles. The second kappa shape index (κ2) is 10.8. The molecule has 0 aromatic rings. The molecule has 0 fully saturated rings. The number of hydrogen-bond donors (Lipinski definition) is 0. The summed E-state index contributed by atoms with van der Waals surface area (Å²) >= 11 is 0. The van der Waals surface area contributed by atoms with E-state index in [0.29, 0.717) is 23.4 Å². The van der Waals surface area contributed by atoms with Gasteiger partial charge in [-0.1, -0.05) is 27.7 Å². The molecule has 0 rings (SSSR count). The zero-order chi connectivity index (χ0) is 13.1. The molecule has 0 unspecified atom stereocenters. The number of carbonyl (C=O) groups is 2. The molecule has 0 N–H and O–H groups in total. The van der Waals surface area contributed by atoms with Crippen LogP contribution in [0.25, 0.3) is 0 Å². The summed E-state index contributed by atoms with van der Waals surface area (Å²) in [6.45, 7) is 11.8. The van der Waals surface area contributed by atoms with Gasteiger partial charge in [0.2, 0.25) is 0 Å². The Morgan fingerprint density at radius 1 is 0.750 bits per heavy atom. The number of ketones is 2. The van der Waals surface area contributed by atoms with Crippen LogP contribution in [0.5, 0.6) is 0 Å². The lowest BCUT2D eigenvalue weighted by atomic mass is 10.1. The zero-order valence-electron chi connectivity index (χ0n) is 11.8. The first kappa shape index (κ1) is 17.7. The molecule has 0 bridgehead atoms. The van der Waals surface area contributed by atoms with Crippen LogP contribution in [0.15, 0.2) is 0 Å². The molecular formula is C14H28O2. The molecule has 0 spiro atoms. The molecule has 0 atom stereocenters. The highest BCUT2D eigenvalue weighted by atomic mass is 16.1. The van der Waals surface area contributed by atoms with Crippen molar-refractivity contribution in [1.29, 1.82) is 0 Å². The van der Waals surface area contributed by atoms with Crippen LogP contribution >= 0.6 is 0 Å². The van der Waals surface area contributed by atoms with E-state index in [1.165, 1.54) is 0 Å². The van der Waals surface area contributed by atoms with E-state index in [2.05, 4.69) is 27.7 Å². The van der Waals surface area contributed by atoms with Gasteiger partial charge in [-0.3, -0.25) is 0 Å². The third kappa shape index (κ3) is 23.3. The molecular weight excluding hydrogens is 200 g/mol. The molecule has 0 saturated heterocycles. The molecule has 2 nitrogen and oxygen atoms in total. The van der Waals surface area contributed by atoms with E-state index in [4.69, 9.17) is 0 Å². The molecule has 2 heteroatoms. The minimum absolute atomic E-state index is 0.304. The third-order valence-electron chi connectivity index (χ3n) is 2.15. The molecule has 0 saturated carbocycles. The standard InChI is InChI=1S/2C7H14O/c2*1-6(2)4-5-7(3)8/h2*6H,4-5H2,1-3H3. The molecule has 16 heavy (non-hydrogen) atoms. The van der Waals surface area contributed by atoms with Crippen LogP contribution in [-0.4, -0.2) is 11.6 Å². The van der Waals surface area contributed by atoms with Gasteiger partial charge in [0.15, 0.2) is 0 Å². The van der Waals surface area contributed by atoms with Gasteiger partial charge in [0.1, 0.15) is 11.6 Å². The lowest BCUT2D eigenvalue weighted by molar-refractivity contribution is -0.118. The molecule has 0 aliphatic carbocycles. The van der Waals surface area contributed by atoms with Crippen LogP contribution in [0.2, 0.25) is 0 Å². The zero-order valence-corrected chi connectivity index (χ0v) is 11.8. The van der Waals surface area contributed by atoms with E-state index in [0.717, 1.165) is 25.7 Å². The number of hydrogen-bond acceptors (Lipinski definition) is 2. The number of carbonyl (C=O) groups excluding carboxylic acids is 2. The summed E-state index contributed by atoms with van der Waals surface area (Å²) in [5, 5.41) is 0. The lowest BCUT2D eigenvalue weighted by Crippen LogP contribution is -1.93. The number of Topliss-reactive ketones (excluding diaryl/α,β-unsaturated/α-hetero) is 2. The molecule has 96 valence electrons. The molecule has 0 heterocycles. The van der Waals surface area contributed by atoms with Crippen LogP contribution in [0.3, 0.4) is 0 Å². The topological polar surface area (TPSA) is 34.1 Å². The van der Waals surface area contributed by atoms with Crippen LogP contribution in [0.1, 0.15) is 67.2 Å². The number of rotatable bonds is 6. The molecule has 0 radical (unpaired) electrons. The maximum atomic E-state index is 10.3. The van der Waals surface area contributed by atoms with Gasteiger partial charge in [-0.2, -0.15) is 0 Å². The first-order valence-corrected chi connectivity index (χ1v) is 6.24. The van der Waals surface area contributed by atoms with Crippen molar-refractivity contribution in [3.63, 3.8) is 0 Å². The van der Waals surface area contributed by atoms with Crippen molar-refractivity contribution in [1.82, 2.24) is 0 Å². The van der Waals surface area contributed by atoms with Gasteiger partial charge >= 0.3 is 0 Å². The maximum Gasteiger partial charge on any atom is 0.129 e. The van der Waals surface area contributed by atoms with Crippen molar-refractivity contribution < 1.29 is 9.59 Å². The fraction of sp³-hybridized carbons (Fsp3) is 0.857. The fourth-order valence-electron chi connectivity index (χ4n) is 0.984. The lowest BCUT2D eigenvalue weighted by Gasteiger charge is -1.98. The predicted octanol–water partition coefficient (Wildman–Crippen LogP) is 4.02. The van der Waals surface area contributed by atoms with Crippen molar-refractivity contribution in [3.05, 3.63) is 0 Å². The summed E-state index contributed by atoms with van der Waals surface area (Å²) in [7, 11) is 0. The maximum absolute atomic E-state index is 10.3. The molecule has 0 aliphatic heterocycles. The Balaban J connectivity index is 0. The minimum Gasteiger partial charge on any atom is -0.300 e. The van der Waals surface area contributed by atoms with E-state index in [1.54, 1.807) is 13.8 Å². The first-order valence-electron chi connectivity index (χ1n) is 6.24. The third-order valence-corrected chi connectivity index (χ3v) is 2.15. The Kier molecular flexibility index (Phi) is 12.0. The van der Waals surface area contributed by atoms with Crippen molar-refractivity contribution in [3.8, 4) is 0 Å². The predicted molar refractivity (Wildman–Crippen MR) is 69.5 cm³/mol. The van der Waals surface area contributed by atoms with E-state index in [-0.39, 0.29) is 0 Å². The van der Waals surface area contributed by atoms with Gasteiger partial charge in [-0.05, 0) is 38.5 Å². The Hall–Kier alpha value is -0.660. The Bertz CT molecular complexity index is 171. The summed E-state index contributed by atoms with van der Waals surface area (Å²) in [6.07, 6.45) is 3.57. The van der Waals surface area contributed by atoms with Gasteiger partial charge in [0.25, 0.3) is 0 Å². The van der Waals surface area contributed by atoms with Gasteiger partial charge in [-0.15, -0.1) is 0 Å². The average molecular weight is 228 g/mol. The Labute approximate surface area is 101 Å². The normalized spacial score (nSPS) is 10.0. The van der Waals surface area contributed by atoms with Gasteiger partial charge in [0, 0.05) is 12.8 Å². The van der Waals surface area contributed by atoms with E-state index in [1.807, 2.05) is 0 Å². The van der Waals surface area contributed by atoms with Crippen LogP contribution in [0.4, 0.5) is 0 Å². The monoisotopic (exact) mass is 228 g/mol. The van der Waals surface area contributed by atoms with Gasteiger partial charge < -0.3 is 9.59 Å². The SMILES string of the molecule is CC(=O)CCC(C)C.CC(=O)CCC(C)C. The van der Waals surface area contributed by atoms with Crippen LogP contribution in [-0.2, 0) is 9.59 Å². The highest BCUT2D eigenvalue weighted by Crippen LogP contribution is 2.03. The highest BCUT2D eigenvalue weighted by molar-refractivity contribution is 5.75. The van der Waals surface area contributed by atoms with Gasteiger partial charge in [-0.25, -0.2) is 0 Å². The quantitative estimate of drug-likeness (QED) is 0.688. The second-order valence-corrected chi connectivity index (χ2v) is 5.27. The second-order valence-electron chi connectivity index (χ2n) is 5.27. The van der Waals surface area contributed by atoms with Crippen molar-refractivity contribution in [2.45, 2.75) is 67.2 Å². The summed E-state index contributed by atoms with van der Waals surface area (Å²) in [6, 6.07) is 0. The average Bonchev–Trinajstić information content (AvgIpc) is 2.12. The fourth-order valence-corrected chi connectivity index (χ4v) is 0.984.